The summed E-state index contributed by atoms with van der Waals surface area (Å²) in [6.45, 7) is 5.60. The van der Waals surface area contributed by atoms with E-state index in [0.29, 0.717) is 6.42 Å². The Morgan fingerprint density at radius 2 is 2.27 bits per heavy atom. The summed E-state index contributed by atoms with van der Waals surface area (Å²) in [7, 11) is 0. The van der Waals surface area contributed by atoms with Crippen LogP contribution < -0.4 is 0 Å². The second-order valence-corrected chi connectivity index (χ2v) is 2.53. The average molecular weight is 154 g/mol. The standard InChI is InChI=1S/C9H14O2/c1-8(2)6-4-3-5-7-9(10)11/h4,6H,1,3,5,7H2,2H3,(H,10,11). The summed E-state index contributed by atoms with van der Waals surface area (Å²) >= 11 is 0. The molecule has 11 heavy (non-hydrogen) atoms. The molecular formula is C9H14O2. The highest BCUT2D eigenvalue weighted by Gasteiger charge is 1.98. The van der Waals surface area contributed by atoms with Crippen LogP contribution in [-0.4, -0.2) is 11.1 Å². The van der Waals surface area contributed by atoms with E-state index < -0.39 is 5.97 Å². The normalized spacial score (nSPS) is 10.5. The van der Waals surface area contributed by atoms with Crippen LogP contribution in [0.5, 0.6) is 0 Å². The number of carbonyl (C=O) groups is 1. The largest absolute Gasteiger partial charge is 0.481 e. The quantitative estimate of drug-likeness (QED) is 0.595. The molecule has 0 aliphatic carbocycles. The van der Waals surface area contributed by atoms with Gasteiger partial charge in [0.2, 0.25) is 0 Å². The Balaban J connectivity index is 2.97. The summed E-state index contributed by atoms with van der Waals surface area (Å²) in [6, 6.07) is 0. The van der Waals surface area contributed by atoms with Gasteiger partial charge in [0.05, 0.1) is 0 Å². The van der Waals surface area contributed by atoms with Gasteiger partial charge in [-0.05, 0) is 38.5 Å². The summed E-state index contributed by atoms with van der Waals surface area (Å²) in [5, 5.41) is 8.28. The number of unbranched alkanes of at least 4 members (excludes halogenated alkanes) is 2. The Labute approximate surface area is 68.6 Å². The van der Waals surface area contributed by atoms with Crippen molar-refractivity contribution in [3.05, 3.63) is 25.7 Å². The van der Waals surface area contributed by atoms with Crippen LogP contribution in [0.2, 0.25) is 0 Å². The molecule has 0 amide bonds. The van der Waals surface area contributed by atoms with Gasteiger partial charge in [-0.2, -0.15) is 0 Å². The number of carboxylic acid groups (broad SMARTS) is 1. The molecule has 0 atom stereocenters. The SMILES string of the molecule is [CH2][C](C)[CH][CH]CCCC(=O)O. The molecule has 0 aromatic carbocycles. The number of carboxylic acids is 1. The molecule has 0 saturated carbocycles. The van der Waals surface area contributed by atoms with Gasteiger partial charge in [0.15, 0.2) is 0 Å². The molecule has 0 bridgehead atoms. The minimum absolute atomic E-state index is 0.251. The Kier molecular flexibility index (Phi) is 5.90. The number of hydrogen-bond donors (Lipinski definition) is 1. The summed E-state index contributed by atoms with van der Waals surface area (Å²) < 4.78 is 0. The fourth-order valence-electron chi connectivity index (χ4n) is 0.656. The molecule has 0 heterocycles. The summed E-state index contributed by atoms with van der Waals surface area (Å²) in [5.41, 5.74) is 0. The molecule has 0 fully saturated rings. The zero-order chi connectivity index (χ0) is 8.69. The highest BCUT2D eigenvalue weighted by atomic mass is 16.4. The maximum absolute atomic E-state index is 10.1. The predicted molar refractivity (Wildman–Crippen MR) is 44.4 cm³/mol. The van der Waals surface area contributed by atoms with Crippen molar-refractivity contribution in [2.75, 3.05) is 0 Å². The van der Waals surface area contributed by atoms with Crippen molar-refractivity contribution in [3.8, 4) is 0 Å². The van der Waals surface area contributed by atoms with Crippen molar-refractivity contribution in [2.45, 2.75) is 26.2 Å². The maximum atomic E-state index is 10.1. The first kappa shape index (κ1) is 10.5. The van der Waals surface area contributed by atoms with Crippen molar-refractivity contribution < 1.29 is 9.90 Å². The van der Waals surface area contributed by atoms with Gasteiger partial charge in [-0.25, -0.2) is 0 Å². The zero-order valence-corrected chi connectivity index (χ0v) is 6.84. The van der Waals surface area contributed by atoms with Gasteiger partial charge in [-0.15, -0.1) is 0 Å². The lowest BCUT2D eigenvalue weighted by atomic mass is 10.0. The predicted octanol–water partition coefficient (Wildman–Crippen LogP) is 2.08. The van der Waals surface area contributed by atoms with Crippen molar-refractivity contribution in [1.82, 2.24) is 0 Å². The molecule has 2 nitrogen and oxygen atoms in total. The fraction of sp³-hybridized carbons (Fsp3) is 0.444. The minimum Gasteiger partial charge on any atom is -0.481 e. The lowest BCUT2D eigenvalue weighted by Gasteiger charge is -2.00. The third-order valence-corrected chi connectivity index (χ3v) is 1.16. The maximum Gasteiger partial charge on any atom is 0.303 e. The minimum atomic E-state index is -0.728. The van der Waals surface area contributed by atoms with Crippen molar-refractivity contribution >= 4 is 5.97 Å². The van der Waals surface area contributed by atoms with E-state index in [0.717, 1.165) is 12.3 Å². The third-order valence-electron chi connectivity index (χ3n) is 1.16. The zero-order valence-electron chi connectivity index (χ0n) is 6.84. The number of rotatable bonds is 6. The third kappa shape index (κ3) is 9.47. The van der Waals surface area contributed by atoms with Gasteiger partial charge in [0.25, 0.3) is 0 Å². The van der Waals surface area contributed by atoms with Crippen LogP contribution in [0.3, 0.4) is 0 Å². The first-order valence-corrected chi connectivity index (χ1v) is 3.67. The topological polar surface area (TPSA) is 37.3 Å². The monoisotopic (exact) mass is 154 g/mol. The molecule has 0 aliphatic heterocycles. The molecule has 0 saturated heterocycles. The van der Waals surface area contributed by atoms with Crippen LogP contribution in [0.25, 0.3) is 0 Å². The molecule has 4 radical (unpaired) electrons. The van der Waals surface area contributed by atoms with Crippen LogP contribution in [0.4, 0.5) is 0 Å². The summed E-state index contributed by atoms with van der Waals surface area (Å²) in [5.74, 6) is 0.272. The van der Waals surface area contributed by atoms with Crippen molar-refractivity contribution in [2.24, 2.45) is 0 Å². The molecule has 0 unspecified atom stereocenters. The summed E-state index contributed by atoms with van der Waals surface area (Å²) in [4.78, 5) is 10.1. The van der Waals surface area contributed by atoms with Crippen LogP contribution in [-0.2, 0) is 4.79 Å². The Morgan fingerprint density at radius 1 is 1.64 bits per heavy atom. The van der Waals surface area contributed by atoms with Crippen LogP contribution in [0.15, 0.2) is 0 Å². The van der Waals surface area contributed by atoms with Crippen LogP contribution >= 0.6 is 0 Å². The molecule has 0 rings (SSSR count). The van der Waals surface area contributed by atoms with Crippen molar-refractivity contribution in [1.29, 1.82) is 0 Å². The Hall–Kier alpha value is -0.530. The van der Waals surface area contributed by atoms with E-state index in [-0.39, 0.29) is 6.42 Å². The first-order chi connectivity index (χ1) is 5.13. The highest BCUT2D eigenvalue weighted by Crippen LogP contribution is 2.07. The first-order valence-electron chi connectivity index (χ1n) is 3.67. The highest BCUT2D eigenvalue weighted by molar-refractivity contribution is 5.66. The Bertz CT molecular complexity index is 108. The van der Waals surface area contributed by atoms with Gasteiger partial charge < -0.3 is 5.11 Å². The molecule has 0 aliphatic rings. The molecule has 1 N–H and O–H groups in total. The van der Waals surface area contributed by atoms with E-state index in [1.165, 1.54) is 0 Å². The van der Waals surface area contributed by atoms with Crippen LogP contribution in [0.1, 0.15) is 26.2 Å². The lowest BCUT2D eigenvalue weighted by Crippen LogP contribution is -1.94. The molecule has 2 heteroatoms. The number of aliphatic carboxylic acids is 1. The van der Waals surface area contributed by atoms with E-state index in [9.17, 15) is 4.79 Å². The lowest BCUT2D eigenvalue weighted by molar-refractivity contribution is -0.137. The van der Waals surface area contributed by atoms with Crippen molar-refractivity contribution in [3.63, 3.8) is 0 Å². The van der Waals surface area contributed by atoms with Crippen LogP contribution in [0, 0.1) is 25.7 Å². The average Bonchev–Trinajstić information content (AvgIpc) is 1.85. The molecule has 0 spiro atoms. The fourth-order valence-corrected chi connectivity index (χ4v) is 0.656. The smallest absolute Gasteiger partial charge is 0.303 e. The summed E-state index contributed by atoms with van der Waals surface area (Å²) in [6.07, 6.45) is 5.63. The van der Waals surface area contributed by atoms with E-state index in [4.69, 9.17) is 5.11 Å². The van der Waals surface area contributed by atoms with E-state index >= 15 is 0 Å². The second-order valence-electron chi connectivity index (χ2n) is 2.53. The molecule has 0 aromatic heterocycles. The second kappa shape index (κ2) is 6.20. The van der Waals surface area contributed by atoms with Gasteiger partial charge in [0, 0.05) is 6.42 Å². The Morgan fingerprint density at radius 3 is 2.73 bits per heavy atom. The van der Waals surface area contributed by atoms with Gasteiger partial charge in [0.1, 0.15) is 0 Å². The van der Waals surface area contributed by atoms with E-state index in [1.54, 1.807) is 0 Å². The molecular weight excluding hydrogens is 140 g/mol. The van der Waals surface area contributed by atoms with E-state index in [1.807, 2.05) is 19.8 Å². The van der Waals surface area contributed by atoms with Gasteiger partial charge >= 0.3 is 5.97 Å². The van der Waals surface area contributed by atoms with Gasteiger partial charge in [-0.3, -0.25) is 4.79 Å². The molecule has 62 valence electrons. The van der Waals surface area contributed by atoms with Gasteiger partial charge in [-0.1, -0.05) is 6.92 Å². The van der Waals surface area contributed by atoms with E-state index in [2.05, 4.69) is 6.92 Å². The molecule has 0 aromatic rings. The number of hydrogen-bond acceptors (Lipinski definition) is 1.